The predicted octanol–water partition coefficient (Wildman–Crippen LogP) is 3.13. The van der Waals surface area contributed by atoms with Gasteiger partial charge in [-0.05, 0) is 43.4 Å². The van der Waals surface area contributed by atoms with E-state index in [9.17, 15) is 5.11 Å². The third-order valence-corrected chi connectivity index (χ3v) is 4.11. The minimum atomic E-state index is -0.382. The van der Waals surface area contributed by atoms with E-state index in [1.165, 1.54) is 21.2 Å². The Hall–Kier alpha value is -0.340. The highest BCUT2D eigenvalue weighted by Crippen LogP contribution is 2.38. The molecule has 1 nitrogen and oxygen atoms in total. The molecule has 0 aliphatic heterocycles. The summed E-state index contributed by atoms with van der Waals surface area (Å²) in [5.41, 5.74) is 3.38. The van der Waals surface area contributed by atoms with Crippen LogP contribution in [0.1, 0.15) is 29.5 Å². The first-order valence-corrected chi connectivity index (χ1v) is 5.77. The number of aryl methyl sites for hydroxylation is 2. The molecule has 0 bridgehead atoms. The average molecular weight is 255 g/mol. The van der Waals surface area contributed by atoms with Gasteiger partial charge in [-0.3, -0.25) is 0 Å². The minimum absolute atomic E-state index is 0.382. The van der Waals surface area contributed by atoms with Gasteiger partial charge in [-0.25, -0.2) is 0 Å². The van der Waals surface area contributed by atoms with E-state index in [4.69, 9.17) is 0 Å². The van der Waals surface area contributed by atoms with Crippen LogP contribution in [0.15, 0.2) is 16.6 Å². The van der Waals surface area contributed by atoms with E-state index in [2.05, 4.69) is 41.9 Å². The molecule has 1 aliphatic rings. The summed E-state index contributed by atoms with van der Waals surface area (Å²) in [5, 5.41) is 9.82. The van der Waals surface area contributed by atoms with Gasteiger partial charge in [0.05, 0.1) is 5.60 Å². The number of halogens is 1. The number of hydrogen-bond donors (Lipinski definition) is 1. The fourth-order valence-corrected chi connectivity index (χ4v) is 2.07. The molecular weight excluding hydrogens is 240 g/mol. The molecule has 1 aromatic carbocycles. The molecule has 0 atom stereocenters. The van der Waals surface area contributed by atoms with E-state index >= 15 is 0 Å². The standard InChI is InChI=1S/C12H15BrO/c1-8-5-10(6-9(2)11(8)13)7-12(14)3-4-12/h5-6,14H,3-4,7H2,1-2H3. The molecule has 1 saturated carbocycles. The van der Waals surface area contributed by atoms with Gasteiger partial charge in [-0.15, -0.1) is 0 Å². The molecule has 76 valence electrons. The van der Waals surface area contributed by atoms with Gasteiger partial charge in [0.2, 0.25) is 0 Å². The number of hydrogen-bond acceptors (Lipinski definition) is 1. The van der Waals surface area contributed by atoms with Crippen molar-refractivity contribution in [1.82, 2.24) is 0 Å². The Bertz CT molecular complexity index is 344. The molecule has 0 unspecified atom stereocenters. The minimum Gasteiger partial charge on any atom is -0.390 e. The monoisotopic (exact) mass is 254 g/mol. The highest BCUT2D eigenvalue weighted by molar-refractivity contribution is 9.10. The SMILES string of the molecule is Cc1cc(CC2(O)CC2)cc(C)c1Br. The van der Waals surface area contributed by atoms with E-state index in [0.29, 0.717) is 0 Å². The van der Waals surface area contributed by atoms with E-state index in [-0.39, 0.29) is 5.60 Å². The Morgan fingerprint density at radius 3 is 2.21 bits per heavy atom. The molecule has 0 heterocycles. The van der Waals surface area contributed by atoms with Crippen LogP contribution in [0, 0.1) is 13.8 Å². The summed E-state index contributed by atoms with van der Waals surface area (Å²) in [4.78, 5) is 0. The summed E-state index contributed by atoms with van der Waals surface area (Å²) >= 11 is 3.55. The molecule has 1 aliphatic carbocycles. The first kappa shape index (κ1) is 10.2. The molecule has 0 radical (unpaired) electrons. The van der Waals surface area contributed by atoms with Gasteiger partial charge in [0.1, 0.15) is 0 Å². The lowest BCUT2D eigenvalue weighted by molar-refractivity contribution is 0.151. The van der Waals surface area contributed by atoms with Gasteiger partial charge in [0, 0.05) is 10.9 Å². The van der Waals surface area contributed by atoms with Crippen LogP contribution in [0.5, 0.6) is 0 Å². The first-order chi connectivity index (χ1) is 6.50. The maximum atomic E-state index is 9.82. The van der Waals surface area contributed by atoms with Crippen molar-refractivity contribution in [2.75, 3.05) is 0 Å². The lowest BCUT2D eigenvalue weighted by Gasteiger charge is -2.11. The molecule has 0 spiro atoms. The van der Waals surface area contributed by atoms with Crippen LogP contribution in [0.2, 0.25) is 0 Å². The Morgan fingerprint density at radius 2 is 1.79 bits per heavy atom. The van der Waals surface area contributed by atoms with E-state index in [0.717, 1.165) is 19.3 Å². The van der Waals surface area contributed by atoms with Crippen LogP contribution in [-0.2, 0) is 6.42 Å². The Morgan fingerprint density at radius 1 is 1.29 bits per heavy atom. The van der Waals surface area contributed by atoms with Crippen molar-refractivity contribution in [3.63, 3.8) is 0 Å². The van der Waals surface area contributed by atoms with Gasteiger partial charge in [0.25, 0.3) is 0 Å². The zero-order chi connectivity index (χ0) is 10.3. The van der Waals surface area contributed by atoms with Crippen LogP contribution in [0.4, 0.5) is 0 Å². The zero-order valence-corrected chi connectivity index (χ0v) is 10.2. The van der Waals surface area contributed by atoms with Crippen molar-refractivity contribution < 1.29 is 5.11 Å². The summed E-state index contributed by atoms with van der Waals surface area (Å²) in [7, 11) is 0. The summed E-state index contributed by atoms with van der Waals surface area (Å²) in [6, 6.07) is 4.32. The molecule has 0 aromatic heterocycles. The third-order valence-electron chi connectivity index (χ3n) is 2.86. The largest absolute Gasteiger partial charge is 0.390 e. The van der Waals surface area contributed by atoms with Crippen LogP contribution >= 0.6 is 15.9 Å². The first-order valence-electron chi connectivity index (χ1n) is 4.98. The quantitative estimate of drug-likeness (QED) is 0.860. The second-order valence-electron chi connectivity index (χ2n) is 4.44. The van der Waals surface area contributed by atoms with Gasteiger partial charge in [-0.2, -0.15) is 0 Å². The van der Waals surface area contributed by atoms with Gasteiger partial charge in [-0.1, -0.05) is 28.1 Å². The third kappa shape index (κ3) is 2.01. The van der Waals surface area contributed by atoms with Crippen LogP contribution in [-0.4, -0.2) is 10.7 Å². The molecular formula is C12H15BrO. The lowest BCUT2D eigenvalue weighted by atomic mass is 10.0. The number of rotatable bonds is 2. The molecule has 0 amide bonds. The lowest BCUT2D eigenvalue weighted by Crippen LogP contribution is -2.10. The Kier molecular flexibility index (Phi) is 2.44. The summed E-state index contributed by atoms with van der Waals surface area (Å²) < 4.78 is 1.18. The second kappa shape index (κ2) is 3.35. The average Bonchev–Trinajstić information content (AvgIpc) is 2.79. The van der Waals surface area contributed by atoms with Crippen molar-refractivity contribution in [3.05, 3.63) is 33.3 Å². The maximum absolute atomic E-state index is 9.82. The summed E-state index contributed by atoms with van der Waals surface area (Å²) in [5.74, 6) is 0. The van der Waals surface area contributed by atoms with E-state index < -0.39 is 0 Å². The van der Waals surface area contributed by atoms with Crippen molar-refractivity contribution in [2.24, 2.45) is 0 Å². The molecule has 2 heteroatoms. The summed E-state index contributed by atoms with van der Waals surface area (Å²) in [6.45, 7) is 4.19. The van der Waals surface area contributed by atoms with Gasteiger partial charge >= 0.3 is 0 Å². The van der Waals surface area contributed by atoms with Gasteiger partial charge < -0.3 is 5.11 Å². The molecule has 1 aromatic rings. The van der Waals surface area contributed by atoms with E-state index in [1.807, 2.05) is 0 Å². The van der Waals surface area contributed by atoms with Crippen molar-refractivity contribution >= 4 is 15.9 Å². The highest BCUT2D eigenvalue weighted by Gasteiger charge is 2.40. The van der Waals surface area contributed by atoms with Crippen molar-refractivity contribution in [1.29, 1.82) is 0 Å². The summed E-state index contributed by atoms with van der Waals surface area (Å²) in [6.07, 6.45) is 2.73. The van der Waals surface area contributed by atoms with Gasteiger partial charge in [0.15, 0.2) is 0 Å². The topological polar surface area (TPSA) is 20.2 Å². The normalized spacial score (nSPS) is 18.3. The highest BCUT2D eigenvalue weighted by atomic mass is 79.9. The van der Waals surface area contributed by atoms with Crippen molar-refractivity contribution in [3.8, 4) is 0 Å². The number of benzene rings is 1. The zero-order valence-electron chi connectivity index (χ0n) is 8.60. The predicted molar refractivity (Wildman–Crippen MR) is 61.5 cm³/mol. The maximum Gasteiger partial charge on any atom is 0.0690 e. The van der Waals surface area contributed by atoms with Crippen LogP contribution < -0.4 is 0 Å². The molecule has 0 saturated heterocycles. The smallest absolute Gasteiger partial charge is 0.0690 e. The van der Waals surface area contributed by atoms with Crippen molar-refractivity contribution in [2.45, 2.75) is 38.7 Å². The van der Waals surface area contributed by atoms with E-state index in [1.54, 1.807) is 0 Å². The number of aliphatic hydroxyl groups is 1. The molecule has 14 heavy (non-hydrogen) atoms. The Balaban J connectivity index is 2.26. The fraction of sp³-hybridized carbons (Fsp3) is 0.500. The fourth-order valence-electron chi connectivity index (χ4n) is 1.84. The molecule has 2 rings (SSSR count). The second-order valence-corrected chi connectivity index (χ2v) is 5.24. The molecule has 1 fully saturated rings. The van der Waals surface area contributed by atoms with Crippen LogP contribution in [0.25, 0.3) is 0 Å². The molecule has 1 N–H and O–H groups in total. The Labute approximate surface area is 93.3 Å². The van der Waals surface area contributed by atoms with Crippen LogP contribution in [0.3, 0.4) is 0 Å².